The molecule has 1 aromatic carbocycles. The van der Waals surface area contributed by atoms with Crippen molar-refractivity contribution in [2.24, 2.45) is 10.7 Å². The van der Waals surface area contributed by atoms with Gasteiger partial charge in [-0.25, -0.2) is 0 Å². The molecule has 1 aliphatic rings. The number of amides is 1. The average Bonchev–Trinajstić information content (AvgIpc) is 2.30. The third kappa shape index (κ3) is 2.59. The number of amidine groups is 1. The Morgan fingerprint density at radius 3 is 2.69 bits per heavy atom. The van der Waals surface area contributed by atoms with Gasteiger partial charge in [-0.15, -0.1) is 0 Å². The highest BCUT2D eigenvalue weighted by Gasteiger charge is 2.06. The van der Waals surface area contributed by atoms with E-state index in [9.17, 15) is 4.79 Å². The number of primary amides is 1. The molecule has 16 heavy (non-hydrogen) atoms. The van der Waals surface area contributed by atoms with Crippen molar-refractivity contribution < 1.29 is 4.79 Å². The largest absolute Gasteiger partial charge is 0.370 e. The van der Waals surface area contributed by atoms with Gasteiger partial charge in [0.25, 0.3) is 0 Å². The first-order chi connectivity index (χ1) is 7.75. The van der Waals surface area contributed by atoms with Crippen molar-refractivity contribution in [3.63, 3.8) is 0 Å². The van der Waals surface area contributed by atoms with Crippen LogP contribution in [0.2, 0.25) is 0 Å². The molecule has 0 saturated heterocycles. The molecule has 0 fully saturated rings. The number of carbonyl (C=O) groups is 1. The van der Waals surface area contributed by atoms with Gasteiger partial charge in [-0.05, 0) is 12.0 Å². The maximum Gasteiger partial charge on any atom is 0.221 e. The van der Waals surface area contributed by atoms with E-state index in [0.29, 0.717) is 6.42 Å². The standard InChI is InChI=1S/C12H15N3O/c13-11(16)8-9-2-4-10(5-3-9)12-14-6-1-7-15-12/h2-5H,1,6-8H2,(H2,13,16)(H,14,15). The van der Waals surface area contributed by atoms with Crippen LogP contribution in [0.4, 0.5) is 0 Å². The summed E-state index contributed by atoms with van der Waals surface area (Å²) in [5.74, 6) is 0.637. The summed E-state index contributed by atoms with van der Waals surface area (Å²) in [6, 6.07) is 7.77. The van der Waals surface area contributed by atoms with Gasteiger partial charge in [0.05, 0.1) is 6.42 Å². The fourth-order valence-corrected chi connectivity index (χ4v) is 1.71. The molecule has 0 saturated carbocycles. The summed E-state index contributed by atoms with van der Waals surface area (Å²) in [6.45, 7) is 1.85. The summed E-state index contributed by atoms with van der Waals surface area (Å²) in [7, 11) is 0. The molecule has 0 radical (unpaired) electrons. The van der Waals surface area contributed by atoms with E-state index in [1.807, 2.05) is 24.3 Å². The van der Waals surface area contributed by atoms with Crippen LogP contribution in [0.5, 0.6) is 0 Å². The van der Waals surface area contributed by atoms with E-state index in [4.69, 9.17) is 5.73 Å². The number of aliphatic imine (C=N–C) groups is 1. The molecule has 1 aliphatic heterocycles. The number of nitrogens with one attached hydrogen (secondary N) is 1. The minimum atomic E-state index is -0.305. The Morgan fingerprint density at radius 1 is 1.38 bits per heavy atom. The molecule has 0 unspecified atom stereocenters. The van der Waals surface area contributed by atoms with Gasteiger partial charge in [0.15, 0.2) is 0 Å². The van der Waals surface area contributed by atoms with Crippen LogP contribution >= 0.6 is 0 Å². The number of carbonyl (C=O) groups excluding carboxylic acids is 1. The zero-order valence-corrected chi connectivity index (χ0v) is 9.07. The van der Waals surface area contributed by atoms with E-state index in [0.717, 1.165) is 36.5 Å². The molecule has 0 atom stereocenters. The molecule has 4 nitrogen and oxygen atoms in total. The van der Waals surface area contributed by atoms with Crippen molar-refractivity contribution in [2.75, 3.05) is 13.1 Å². The van der Waals surface area contributed by atoms with Gasteiger partial charge in [-0.2, -0.15) is 0 Å². The molecule has 4 heteroatoms. The Morgan fingerprint density at radius 2 is 2.12 bits per heavy atom. The zero-order valence-electron chi connectivity index (χ0n) is 9.07. The second-order valence-corrected chi connectivity index (χ2v) is 3.85. The summed E-state index contributed by atoms with van der Waals surface area (Å²) in [5.41, 5.74) is 7.13. The summed E-state index contributed by atoms with van der Waals surface area (Å²) >= 11 is 0. The lowest BCUT2D eigenvalue weighted by molar-refractivity contribution is -0.117. The summed E-state index contributed by atoms with van der Waals surface area (Å²) in [6.07, 6.45) is 1.38. The molecule has 1 heterocycles. The van der Waals surface area contributed by atoms with Gasteiger partial charge >= 0.3 is 0 Å². The van der Waals surface area contributed by atoms with E-state index in [2.05, 4.69) is 10.3 Å². The minimum absolute atomic E-state index is 0.292. The van der Waals surface area contributed by atoms with Crippen molar-refractivity contribution in [1.82, 2.24) is 5.32 Å². The monoisotopic (exact) mass is 217 g/mol. The third-order valence-electron chi connectivity index (χ3n) is 2.50. The Bertz CT molecular complexity index is 409. The average molecular weight is 217 g/mol. The van der Waals surface area contributed by atoms with Crippen molar-refractivity contribution in [2.45, 2.75) is 12.8 Å². The van der Waals surface area contributed by atoms with Gasteiger partial charge < -0.3 is 11.1 Å². The predicted octanol–water partition coefficient (Wildman–Crippen LogP) is 0.454. The summed E-state index contributed by atoms with van der Waals surface area (Å²) in [4.78, 5) is 15.1. The molecule has 0 aliphatic carbocycles. The van der Waals surface area contributed by atoms with Crippen LogP contribution in [0.15, 0.2) is 29.3 Å². The van der Waals surface area contributed by atoms with E-state index >= 15 is 0 Å². The van der Waals surface area contributed by atoms with Crippen molar-refractivity contribution in [1.29, 1.82) is 0 Å². The lowest BCUT2D eigenvalue weighted by Crippen LogP contribution is -2.30. The quantitative estimate of drug-likeness (QED) is 0.772. The molecule has 3 N–H and O–H groups in total. The second kappa shape index (κ2) is 4.79. The number of nitrogens with two attached hydrogens (primary N) is 1. The first-order valence-corrected chi connectivity index (χ1v) is 5.41. The van der Waals surface area contributed by atoms with Crippen molar-refractivity contribution in [3.05, 3.63) is 35.4 Å². The van der Waals surface area contributed by atoms with Gasteiger partial charge in [-0.1, -0.05) is 24.3 Å². The minimum Gasteiger partial charge on any atom is -0.370 e. The SMILES string of the molecule is NC(=O)Cc1ccc(C2=NCCCN2)cc1. The van der Waals surface area contributed by atoms with Crippen LogP contribution in [-0.4, -0.2) is 24.8 Å². The number of nitrogens with zero attached hydrogens (tertiary/aromatic N) is 1. The zero-order chi connectivity index (χ0) is 11.4. The molecule has 0 spiro atoms. The summed E-state index contributed by atoms with van der Waals surface area (Å²) in [5, 5.41) is 3.25. The number of hydrogen-bond acceptors (Lipinski definition) is 3. The van der Waals surface area contributed by atoms with Crippen LogP contribution in [-0.2, 0) is 11.2 Å². The molecule has 1 aromatic rings. The van der Waals surface area contributed by atoms with Crippen molar-refractivity contribution >= 4 is 11.7 Å². The highest BCUT2D eigenvalue weighted by Crippen LogP contribution is 2.07. The highest BCUT2D eigenvalue weighted by molar-refractivity contribution is 5.99. The number of rotatable bonds is 3. The van der Waals surface area contributed by atoms with Crippen LogP contribution in [0.3, 0.4) is 0 Å². The van der Waals surface area contributed by atoms with E-state index in [-0.39, 0.29) is 5.91 Å². The Kier molecular flexibility index (Phi) is 3.19. The van der Waals surface area contributed by atoms with Gasteiger partial charge in [0.2, 0.25) is 5.91 Å². The van der Waals surface area contributed by atoms with E-state index in [1.165, 1.54) is 0 Å². The van der Waals surface area contributed by atoms with E-state index < -0.39 is 0 Å². The van der Waals surface area contributed by atoms with Crippen LogP contribution in [0.1, 0.15) is 17.5 Å². The normalized spacial score (nSPS) is 15.1. The number of benzene rings is 1. The molecule has 2 rings (SSSR count). The Balaban J connectivity index is 2.12. The van der Waals surface area contributed by atoms with Crippen LogP contribution < -0.4 is 11.1 Å². The lowest BCUT2D eigenvalue weighted by atomic mass is 10.1. The first kappa shape index (κ1) is 10.7. The molecule has 1 amide bonds. The Labute approximate surface area is 94.6 Å². The fourth-order valence-electron chi connectivity index (χ4n) is 1.71. The first-order valence-electron chi connectivity index (χ1n) is 5.41. The Hall–Kier alpha value is -1.84. The summed E-state index contributed by atoms with van der Waals surface area (Å²) < 4.78 is 0. The maximum atomic E-state index is 10.7. The van der Waals surface area contributed by atoms with Gasteiger partial charge in [0, 0.05) is 18.7 Å². The van der Waals surface area contributed by atoms with E-state index in [1.54, 1.807) is 0 Å². The van der Waals surface area contributed by atoms with Gasteiger partial charge in [-0.3, -0.25) is 9.79 Å². The van der Waals surface area contributed by atoms with Crippen molar-refractivity contribution in [3.8, 4) is 0 Å². The third-order valence-corrected chi connectivity index (χ3v) is 2.50. The van der Waals surface area contributed by atoms with Crippen LogP contribution in [0.25, 0.3) is 0 Å². The smallest absolute Gasteiger partial charge is 0.221 e. The highest BCUT2D eigenvalue weighted by atomic mass is 16.1. The van der Waals surface area contributed by atoms with Crippen LogP contribution in [0, 0.1) is 0 Å². The topological polar surface area (TPSA) is 67.5 Å². The molecular weight excluding hydrogens is 202 g/mol. The molecule has 84 valence electrons. The second-order valence-electron chi connectivity index (χ2n) is 3.85. The molecular formula is C12H15N3O. The molecule has 0 aromatic heterocycles. The predicted molar refractivity (Wildman–Crippen MR) is 63.4 cm³/mol. The molecule has 0 bridgehead atoms. The maximum absolute atomic E-state index is 10.7. The van der Waals surface area contributed by atoms with Gasteiger partial charge in [0.1, 0.15) is 5.84 Å². The lowest BCUT2D eigenvalue weighted by Gasteiger charge is -2.14. The fraction of sp³-hybridized carbons (Fsp3) is 0.333. The number of hydrogen-bond donors (Lipinski definition) is 2.